The van der Waals surface area contributed by atoms with Crippen molar-refractivity contribution in [3.05, 3.63) is 34.4 Å². The molecule has 0 saturated carbocycles. The average Bonchev–Trinajstić information content (AvgIpc) is 2.61. The SMILES string of the molecule is C[C@@H]1CN(C(=O)CN2CCN(c3ccc([N+](=O)[O-])cc3)CC2)C[C@@H](C)O1. The van der Waals surface area contributed by atoms with Gasteiger partial charge in [0.15, 0.2) is 0 Å². The molecule has 2 heterocycles. The molecule has 26 heavy (non-hydrogen) atoms. The lowest BCUT2D eigenvalue weighted by molar-refractivity contribution is -0.384. The standard InChI is InChI=1S/C18H26N4O4/c1-14-11-21(12-15(2)26-14)18(23)13-19-7-9-20(10-8-19)16-3-5-17(6-4-16)22(24)25/h3-6,14-15H,7-13H2,1-2H3/t14-,15-/m1/s1. The van der Waals surface area contributed by atoms with Crippen molar-refractivity contribution < 1.29 is 14.5 Å². The molecule has 0 N–H and O–H groups in total. The molecule has 142 valence electrons. The van der Waals surface area contributed by atoms with E-state index in [9.17, 15) is 14.9 Å². The Hall–Kier alpha value is -2.19. The highest BCUT2D eigenvalue weighted by Gasteiger charge is 2.28. The minimum absolute atomic E-state index is 0.0849. The Morgan fingerprint density at radius 1 is 1.12 bits per heavy atom. The first kappa shape index (κ1) is 18.6. The van der Waals surface area contributed by atoms with Crippen molar-refractivity contribution in [3.8, 4) is 0 Å². The van der Waals surface area contributed by atoms with Crippen LogP contribution in [0, 0.1) is 10.1 Å². The van der Waals surface area contributed by atoms with E-state index in [1.54, 1.807) is 12.1 Å². The molecule has 2 aliphatic rings. The third kappa shape index (κ3) is 4.50. The predicted molar refractivity (Wildman–Crippen MR) is 98.3 cm³/mol. The number of hydrogen-bond acceptors (Lipinski definition) is 6. The van der Waals surface area contributed by atoms with Crippen molar-refractivity contribution in [2.75, 3.05) is 50.7 Å². The number of carbonyl (C=O) groups is 1. The molecule has 8 heteroatoms. The second kappa shape index (κ2) is 8.01. The van der Waals surface area contributed by atoms with Crippen molar-refractivity contribution in [1.29, 1.82) is 0 Å². The third-order valence-electron chi connectivity index (χ3n) is 4.93. The number of nitro groups is 1. The van der Waals surface area contributed by atoms with Crippen LogP contribution in [-0.2, 0) is 9.53 Å². The van der Waals surface area contributed by atoms with E-state index in [1.165, 1.54) is 12.1 Å². The van der Waals surface area contributed by atoms with Crippen LogP contribution in [0.3, 0.4) is 0 Å². The van der Waals surface area contributed by atoms with Gasteiger partial charge in [-0.25, -0.2) is 0 Å². The van der Waals surface area contributed by atoms with E-state index in [0.717, 1.165) is 31.9 Å². The molecule has 2 saturated heterocycles. The lowest BCUT2D eigenvalue weighted by Crippen LogP contribution is -2.53. The number of carbonyl (C=O) groups excluding carboxylic acids is 1. The molecule has 1 aromatic carbocycles. The summed E-state index contributed by atoms with van der Waals surface area (Å²) in [5.41, 5.74) is 1.09. The van der Waals surface area contributed by atoms with Crippen LogP contribution < -0.4 is 4.90 Å². The number of nitrogens with zero attached hydrogens (tertiary/aromatic N) is 4. The summed E-state index contributed by atoms with van der Waals surface area (Å²) in [5.74, 6) is 0.163. The van der Waals surface area contributed by atoms with E-state index in [4.69, 9.17) is 4.74 Å². The van der Waals surface area contributed by atoms with Gasteiger partial charge < -0.3 is 14.5 Å². The fourth-order valence-corrected chi connectivity index (χ4v) is 3.62. The van der Waals surface area contributed by atoms with Crippen LogP contribution in [0.4, 0.5) is 11.4 Å². The fourth-order valence-electron chi connectivity index (χ4n) is 3.62. The summed E-state index contributed by atoms with van der Waals surface area (Å²) < 4.78 is 5.69. The van der Waals surface area contributed by atoms with Crippen LogP contribution >= 0.6 is 0 Å². The Morgan fingerprint density at radius 3 is 2.23 bits per heavy atom. The Labute approximate surface area is 153 Å². The molecule has 1 amide bonds. The molecule has 0 aromatic heterocycles. The maximum absolute atomic E-state index is 12.6. The Morgan fingerprint density at radius 2 is 1.69 bits per heavy atom. The second-order valence-electron chi connectivity index (χ2n) is 7.09. The van der Waals surface area contributed by atoms with Crippen molar-refractivity contribution in [2.24, 2.45) is 0 Å². The number of non-ortho nitro benzene ring substituents is 1. The summed E-state index contributed by atoms with van der Waals surface area (Å²) >= 11 is 0. The number of nitro benzene ring substituents is 1. The van der Waals surface area contributed by atoms with Gasteiger partial charge in [-0.05, 0) is 26.0 Å². The van der Waals surface area contributed by atoms with Gasteiger partial charge in [0.2, 0.25) is 5.91 Å². The molecule has 2 fully saturated rings. The topological polar surface area (TPSA) is 79.2 Å². The summed E-state index contributed by atoms with van der Waals surface area (Å²) in [6.07, 6.45) is 0.170. The fraction of sp³-hybridized carbons (Fsp3) is 0.611. The number of morpholine rings is 1. The summed E-state index contributed by atoms with van der Waals surface area (Å²) in [6, 6.07) is 6.64. The van der Waals surface area contributed by atoms with Gasteiger partial charge >= 0.3 is 0 Å². The van der Waals surface area contributed by atoms with Gasteiger partial charge in [-0.2, -0.15) is 0 Å². The third-order valence-corrected chi connectivity index (χ3v) is 4.93. The normalized spacial score (nSPS) is 24.5. The summed E-state index contributed by atoms with van der Waals surface area (Å²) in [4.78, 5) is 29.2. The van der Waals surface area contributed by atoms with E-state index in [1.807, 2.05) is 18.7 Å². The van der Waals surface area contributed by atoms with Gasteiger partial charge in [0, 0.05) is 57.1 Å². The Kier molecular flexibility index (Phi) is 5.73. The molecule has 1 aromatic rings. The highest BCUT2D eigenvalue weighted by atomic mass is 16.6. The monoisotopic (exact) mass is 362 g/mol. The number of amides is 1. The number of hydrogen-bond donors (Lipinski definition) is 0. The quantitative estimate of drug-likeness (QED) is 0.594. The molecule has 3 rings (SSSR count). The van der Waals surface area contributed by atoms with Crippen molar-refractivity contribution in [2.45, 2.75) is 26.1 Å². The Balaban J connectivity index is 1.49. The van der Waals surface area contributed by atoms with E-state index in [-0.39, 0.29) is 28.7 Å². The van der Waals surface area contributed by atoms with E-state index < -0.39 is 0 Å². The van der Waals surface area contributed by atoms with E-state index in [0.29, 0.717) is 19.6 Å². The molecule has 0 bridgehead atoms. The van der Waals surface area contributed by atoms with Gasteiger partial charge in [-0.3, -0.25) is 19.8 Å². The first-order valence-electron chi connectivity index (χ1n) is 9.07. The molecule has 8 nitrogen and oxygen atoms in total. The molecular formula is C18H26N4O4. The number of anilines is 1. The van der Waals surface area contributed by atoms with Crippen molar-refractivity contribution >= 4 is 17.3 Å². The molecule has 0 radical (unpaired) electrons. The number of rotatable bonds is 4. The molecule has 0 spiro atoms. The first-order chi connectivity index (χ1) is 12.4. The molecular weight excluding hydrogens is 336 g/mol. The zero-order chi connectivity index (χ0) is 18.7. The van der Waals surface area contributed by atoms with Crippen LogP contribution in [-0.4, -0.2) is 78.7 Å². The largest absolute Gasteiger partial charge is 0.372 e. The maximum atomic E-state index is 12.6. The zero-order valence-corrected chi connectivity index (χ0v) is 15.3. The van der Waals surface area contributed by atoms with Gasteiger partial charge in [-0.1, -0.05) is 0 Å². The molecule has 0 unspecified atom stereocenters. The van der Waals surface area contributed by atoms with Crippen LogP contribution in [0.15, 0.2) is 24.3 Å². The lowest BCUT2D eigenvalue weighted by atomic mass is 10.2. The first-order valence-corrected chi connectivity index (χ1v) is 9.07. The number of ether oxygens (including phenoxy) is 1. The van der Waals surface area contributed by atoms with Crippen LogP contribution in [0.2, 0.25) is 0 Å². The number of benzene rings is 1. The van der Waals surface area contributed by atoms with Gasteiger partial charge in [-0.15, -0.1) is 0 Å². The highest BCUT2D eigenvalue weighted by molar-refractivity contribution is 5.78. The summed E-state index contributed by atoms with van der Waals surface area (Å²) in [7, 11) is 0. The van der Waals surface area contributed by atoms with Crippen LogP contribution in [0.25, 0.3) is 0 Å². The summed E-state index contributed by atoms with van der Waals surface area (Å²) in [5, 5.41) is 10.7. The van der Waals surface area contributed by atoms with Crippen molar-refractivity contribution in [3.63, 3.8) is 0 Å². The molecule has 0 aliphatic carbocycles. The van der Waals surface area contributed by atoms with Gasteiger partial charge in [0.05, 0.1) is 23.7 Å². The van der Waals surface area contributed by atoms with Crippen LogP contribution in [0.1, 0.15) is 13.8 Å². The maximum Gasteiger partial charge on any atom is 0.269 e. The minimum atomic E-state index is -0.388. The Bertz CT molecular complexity index is 633. The smallest absolute Gasteiger partial charge is 0.269 e. The minimum Gasteiger partial charge on any atom is -0.372 e. The van der Waals surface area contributed by atoms with Gasteiger partial charge in [0.25, 0.3) is 5.69 Å². The second-order valence-corrected chi connectivity index (χ2v) is 7.09. The van der Waals surface area contributed by atoms with Crippen molar-refractivity contribution in [1.82, 2.24) is 9.80 Å². The number of piperazine rings is 1. The highest BCUT2D eigenvalue weighted by Crippen LogP contribution is 2.20. The predicted octanol–water partition coefficient (Wildman–Crippen LogP) is 1.35. The lowest BCUT2D eigenvalue weighted by Gasteiger charge is -2.39. The average molecular weight is 362 g/mol. The van der Waals surface area contributed by atoms with Crippen LogP contribution in [0.5, 0.6) is 0 Å². The molecule has 2 aliphatic heterocycles. The van der Waals surface area contributed by atoms with Gasteiger partial charge in [0.1, 0.15) is 0 Å². The van der Waals surface area contributed by atoms with E-state index >= 15 is 0 Å². The molecule has 2 atom stereocenters. The summed E-state index contributed by atoms with van der Waals surface area (Å²) in [6.45, 7) is 8.97. The zero-order valence-electron chi connectivity index (χ0n) is 15.3. The van der Waals surface area contributed by atoms with E-state index in [2.05, 4.69) is 9.80 Å².